The van der Waals surface area contributed by atoms with Crippen molar-refractivity contribution < 1.29 is 19.2 Å². The summed E-state index contributed by atoms with van der Waals surface area (Å²) in [5.74, 6) is 1.46. The number of ether oxygens (including phenoxy) is 2. The van der Waals surface area contributed by atoms with Crippen LogP contribution in [0.1, 0.15) is 23.8 Å². The van der Waals surface area contributed by atoms with Gasteiger partial charge in [-0.3, -0.25) is 4.79 Å². The van der Waals surface area contributed by atoms with Crippen LogP contribution in [-0.2, 0) is 4.79 Å². The van der Waals surface area contributed by atoms with Gasteiger partial charge >= 0.3 is 0 Å². The molecule has 3 heterocycles. The maximum Gasteiger partial charge on any atom is 0.279 e. The zero-order valence-corrected chi connectivity index (χ0v) is 13.5. The molecule has 5 nitrogen and oxygen atoms in total. The highest BCUT2D eigenvalue weighted by Crippen LogP contribution is 2.34. The van der Waals surface area contributed by atoms with E-state index in [0.29, 0.717) is 18.3 Å². The number of quaternary nitrogens is 1. The second-order valence-corrected chi connectivity index (χ2v) is 6.89. The third kappa shape index (κ3) is 3.04. The number of likely N-dealkylation sites (tertiary alicyclic amines) is 1. The van der Waals surface area contributed by atoms with E-state index in [-0.39, 0.29) is 12.7 Å². The average molecular weight is 331 g/mol. The molecule has 1 amide bonds. The molecule has 23 heavy (non-hydrogen) atoms. The quantitative estimate of drug-likeness (QED) is 0.899. The summed E-state index contributed by atoms with van der Waals surface area (Å²) in [7, 11) is 0. The van der Waals surface area contributed by atoms with Crippen LogP contribution < -0.4 is 19.7 Å². The van der Waals surface area contributed by atoms with Gasteiger partial charge in [-0.2, -0.15) is 0 Å². The topological polar surface area (TPSA) is 52.0 Å². The summed E-state index contributed by atoms with van der Waals surface area (Å²) in [6.07, 6.45) is 2.34. The average Bonchev–Trinajstić information content (AvgIpc) is 3.27. The molecule has 1 saturated heterocycles. The number of benzene rings is 1. The van der Waals surface area contributed by atoms with Crippen LogP contribution in [-0.4, -0.2) is 25.8 Å². The molecule has 1 unspecified atom stereocenters. The summed E-state index contributed by atoms with van der Waals surface area (Å²) in [6.45, 7) is 1.79. The van der Waals surface area contributed by atoms with E-state index in [1.807, 2.05) is 18.2 Å². The lowest BCUT2D eigenvalue weighted by molar-refractivity contribution is -0.910. The number of fused-ring (bicyclic) bond motifs is 1. The minimum absolute atomic E-state index is 0.0438. The molecule has 1 fully saturated rings. The van der Waals surface area contributed by atoms with Crippen molar-refractivity contribution in [2.45, 2.75) is 18.9 Å². The number of carbonyl (C=O) groups is 1. The fourth-order valence-corrected chi connectivity index (χ4v) is 4.26. The highest BCUT2D eigenvalue weighted by atomic mass is 32.1. The van der Waals surface area contributed by atoms with Crippen LogP contribution in [0.4, 0.5) is 5.69 Å². The van der Waals surface area contributed by atoms with E-state index in [2.05, 4.69) is 22.8 Å². The van der Waals surface area contributed by atoms with Crippen molar-refractivity contribution in [1.82, 2.24) is 0 Å². The Morgan fingerprint density at radius 2 is 2.22 bits per heavy atom. The first-order valence-electron chi connectivity index (χ1n) is 7.87. The van der Waals surface area contributed by atoms with E-state index in [4.69, 9.17) is 9.47 Å². The summed E-state index contributed by atoms with van der Waals surface area (Å²) in [5.41, 5.74) is 0.755. The van der Waals surface area contributed by atoms with E-state index in [0.717, 1.165) is 24.4 Å². The number of nitrogens with one attached hydrogen (secondary N) is 2. The molecule has 0 saturated carbocycles. The van der Waals surface area contributed by atoms with Gasteiger partial charge in [-0.15, -0.1) is 11.3 Å². The number of thiophene rings is 1. The Morgan fingerprint density at radius 1 is 1.30 bits per heavy atom. The summed E-state index contributed by atoms with van der Waals surface area (Å²) >= 11 is 1.79. The zero-order chi connectivity index (χ0) is 15.6. The first-order valence-corrected chi connectivity index (χ1v) is 8.75. The monoisotopic (exact) mass is 331 g/mol. The zero-order valence-electron chi connectivity index (χ0n) is 12.7. The minimum Gasteiger partial charge on any atom is -0.454 e. The van der Waals surface area contributed by atoms with Crippen molar-refractivity contribution in [3.05, 3.63) is 40.6 Å². The molecule has 0 aliphatic carbocycles. The van der Waals surface area contributed by atoms with Gasteiger partial charge in [0.1, 0.15) is 6.04 Å². The van der Waals surface area contributed by atoms with E-state index in [9.17, 15) is 4.79 Å². The Balaban J connectivity index is 1.40. The van der Waals surface area contributed by atoms with Gasteiger partial charge in [0.15, 0.2) is 18.0 Å². The molecule has 2 aromatic rings. The summed E-state index contributed by atoms with van der Waals surface area (Å²) in [5, 5.41) is 5.08. The van der Waals surface area contributed by atoms with E-state index in [1.54, 1.807) is 11.3 Å². The number of hydrogen-bond donors (Lipinski definition) is 2. The van der Waals surface area contributed by atoms with Gasteiger partial charge in [-0.05, 0) is 23.6 Å². The minimum atomic E-state index is 0.0438. The molecule has 4 rings (SSSR count). The number of carbonyl (C=O) groups excluding carboxylic acids is 1. The third-order valence-electron chi connectivity index (χ3n) is 4.41. The van der Waals surface area contributed by atoms with Gasteiger partial charge in [-0.25, -0.2) is 0 Å². The molecule has 0 radical (unpaired) electrons. The Labute approximate surface area is 138 Å². The van der Waals surface area contributed by atoms with Crippen LogP contribution in [0.15, 0.2) is 35.7 Å². The van der Waals surface area contributed by atoms with Crippen LogP contribution in [0, 0.1) is 0 Å². The van der Waals surface area contributed by atoms with Crippen LogP contribution in [0.3, 0.4) is 0 Å². The lowest BCUT2D eigenvalue weighted by Gasteiger charge is -2.20. The molecular weight excluding hydrogens is 312 g/mol. The van der Waals surface area contributed by atoms with Crippen LogP contribution in [0.25, 0.3) is 0 Å². The summed E-state index contributed by atoms with van der Waals surface area (Å²) < 4.78 is 10.6. The molecule has 1 aromatic carbocycles. The number of amides is 1. The summed E-state index contributed by atoms with van der Waals surface area (Å²) in [4.78, 5) is 15.1. The largest absolute Gasteiger partial charge is 0.454 e. The highest BCUT2D eigenvalue weighted by molar-refractivity contribution is 7.10. The Bertz CT molecular complexity index is 702. The van der Waals surface area contributed by atoms with E-state index >= 15 is 0 Å². The highest BCUT2D eigenvalue weighted by Gasteiger charge is 2.32. The Kier molecular flexibility index (Phi) is 3.93. The maximum absolute atomic E-state index is 12.4. The van der Waals surface area contributed by atoms with Gasteiger partial charge in [0.2, 0.25) is 6.79 Å². The van der Waals surface area contributed by atoms with Crippen molar-refractivity contribution in [3.63, 3.8) is 0 Å². The predicted octanol–water partition coefficient (Wildman–Crippen LogP) is 1.84. The van der Waals surface area contributed by atoms with Crippen molar-refractivity contribution in [1.29, 1.82) is 0 Å². The van der Waals surface area contributed by atoms with Gasteiger partial charge in [0.05, 0.1) is 11.4 Å². The number of rotatable bonds is 4. The van der Waals surface area contributed by atoms with Crippen LogP contribution in [0.2, 0.25) is 0 Å². The fraction of sp³-hybridized carbons (Fsp3) is 0.353. The number of hydrogen-bond acceptors (Lipinski definition) is 4. The lowest BCUT2D eigenvalue weighted by atomic mass is 10.2. The van der Waals surface area contributed by atoms with Crippen molar-refractivity contribution in [2.24, 2.45) is 0 Å². The molecule has 1 aromatic heterocycles. The third-order valence-corrected chi connectivity index (χ3v) is 5.40. The second kappa shape index (κ2) is 6.22. The maximum atomic E-state index is 12.4. The molecule has 6 heteroatoms. The van der Waals surface area contributed by atoms with Crippen LogP contribution in [0.5, 0.6) is 11.5 Å². The molecular formula is C17H19N2O3S+. The predicted molar refractivity (Wildman–Crippen MR) is 88.2 cm³/mol. The van der Waals surface area contributed by atoms with Gasteiger partial charge in [-0.1, -0.05) is 6.07 Å². The van der Waals surface area contributed by atoms with Gasteiger partial charge in [0, 0.05) is 24.6 Å². The second-order valence-electron chi connectivity index (χ2n) is 5.91. The Morgan fingerprint density at radius 3 is 3.09 bits per heavy atom. The standard InChI is InChI=1S/C17H18N2O3S/c20-17(18-12-5-6-14-15(9-12)22-11-21-14)10-19-7-1-3-13(19)16-4-2-8-23-16/h2,4-6,8-9,13H,1,3,7,10-11H2,(H,18,20)/p+1/t13-/m0/s1. The molecule has 0 spiro atoms. The van der Waals surface area contributed by atoms with Crippen molar-refractivity contribution in [3.8, 4) is 11.5 Å². The van der Waals surface area contributed by atoms with Gasteiger partial charge < -0.3 is 19.7 Å². The molecule has 0 bridgehead atoms. The first-order chi connectivity index (χ1) is 11.3. The molecule has 2 aliphatic rings. The number of anilines is 1. The smallest absolute Gasteiger partial charge is 0.279 e. The molecule has 2 N–H and O–H groups in total. The Hall–Kier alpha value is -2.05. The summed E-state index contributed by atoms with van der Waals surface area (Å²) in [6, 6.07) is 10.2. The SMILES string of the molecule is O=C(C[NH+]1CCC[C@H]1c1cccs1)Nc1ccc2c(c1)OCO2. The normalized spacial score (nSPS) is 22.3. The molecule has 2 aliphatic heterocycles. The molecule has 120 valence electrons. The van der Waals surface area contributed by atoms with E-state index < -0.39 is 0 Å². The van der Waals surface area contributed by atoms with E-state index in [1.165, 1.54) is 16.2 Å². The van der Waals surface area contributed by atoms with Crippen LogP contribution >= 0.6 is 11.3 Å². The molecule has 2 atom stereocenters. The van der Waals surface area contributed by atoms with Crippen molar-refractivity contribution in [2.75, 3.05) is 25.2 Å². The lowest BCUT2D eigenvalue weighted by Crippen LogP contribution is -3.11. The van der Waals surface area contributed by atoms with Crippen molar-refractivity contribution >= 4 is 22.9 Å². The first kappa shape index (κ1) is 14.5. The van der Waals surface area contributed by atoms with Gasteiger partial charge in [0.25, 0.3) is 5.91 Å². The fourth-order valence-electron chi connectivity index (χ4n) is 3.34.